The summed E-state index contributed by atoms with van der Waals surface area (Å²) in [4.78, 5) is 4.12. The second-order valence-electron chi connectivity index (χ2n) is 3.32. The third-order valence-corrected chi connectivity index (χ3v) is 2.16. The molecule has 0 aliphatic rings. The molecule has 0 amide bonds. The quantitative estimate of drug-likeness (QED) is 0.812. The van der Waals surface area contributed by atoms with Crippen LogP contribution in [0.5, 0.6) is 0 Å². The number of nitrogens with two attached hydrogens (primary N) is 1. The van der Waals surface area contributed by atoms with Crippen LogP contribution < -0.4 is 5.73 Å². The van der Waals surface area contributed by atoms with Gasteiger partial charge >= 0.3 is 0 Å². The second-order valence-corrected chi connectivity index (χ2v) is 3.32. The first-order chi connectivity index (χ1) is 7.25. The van der Waals surface area contributed by atoms with E-state index in [0.29, 0.717) is 17.8 Å². The summed E-state index contributed by atoms with van der Waals surface area (Å²) in [6, 6.07) is 12.0. The van der Waals surface area contributed by atoms with Crippen LogP contribution >= 0.6 is 0 Å². The molecule has 2 rings (SSSR count). The van der Waals surface area contributed by atoms with E-state index in [-0.39, 0.29) is 5.82 Å². The smallest absolute Gasteiger partial charge is 0.126 e. The molecule has 0 saturated heterocycles. The average Bonchev–Trinajstić information content (AvgIpc) is 2.22. The Morgan fingerprint density at radius 3 is 2.60 bits per heavy atom. The van der Waals surface area contributed by atoms with Crippen molar-refractivity contribution in [3.63, 3.8) is 0 Å². The van der Waals surface area contributed by atoms with Crippen LogP contribution in [0.3, 0.4) is 0 Å². The van der Waals surface area contributed by atoms with Crippen molar-refractivity contribution < 1.29 is 4.39 Å². The van der Waals surface area contributed by atoms with Crippen molar-refractivity contribution in [2.45, 2.75) is 6.42 Å². The highest BCUT2D eigenvalue weighted by atomic mass is 19.1. The summed E-state index contributed by atoms with van der Waals surface area (Å²) in [6.07, 6.45) is 0.470. The van der Waals surface area contributed by atoms with E-state index < -0.39 is 0 Å². The van der Waals surface area contributed by atoms with Crippen molar-refractivity contribution in [1.29, 1.82) is 0 Å². The van der Waals surface area contributed by atoms with Crippen molar-refractivity contribution in [3.05, 3.63) is 59.5 Å². The van der Waals surface area contributed by atoms with E-state index in [1.807, 2.05) is 18.2 Å². The SMILES string of the molecule is Nc1cccc(Cc2ccccc2F)n1. The molecule has 76 valence electrons. The monoisotopic (exact) mass is 202 g/mol. The fourth-order valence-electron chi connectivity index (χ4n) is 1.43. The normalized spacial score (nSPS) is 10.2. The number of hydrogen-bond donors (Lipinski definition) is 1. The Labute approximate surface area is 87.6 Å². The number of nitrogen functional groups attached to an aromatic ring is 1. The summed E-state index contributed by atoms with van der Waals surface area (Å²) in [5.41, 5.74) is 6.96. The maximum absolute atomic E-state index is 13.3. The van der Waals surface area contributed by atoms with Crippen molar-refractivity contribution in [2.24, 2.45) is 0 Å². The van der Waals surface area contributed by atoms with Gasteiger partial charge in [0.05, 0.1) is 0 Å². The van der Waals surface area contributed by atoms with E-state index in [9.17, 15) is 4.39 Å². The second kappa shape index (κ2) is 4.09. The molecule has 0 radical (unpaired) electrons. The van der Waals surface area contributed by atoms with Gasteiger partial charge < -0.3 is 5.73 Å². The van der Waals surface area contributed by atoms with Crippen LogP contribution in [-0.4, -0.2) is 4.98 Å². The van der Waals surface area contributed by atoms with E-state index in [2.05, 4.69) is 4.98 Å². The zero-order valence-corrected chi connectivity index (χ0v) is 8.15. The molecule has 0 unspecified atom stereocenters. The van der Waals surface area contributed by atoms with Gasteiger partial charge in [-0.1, -0.05) is 24.3 Å². The number of rotatable bonds is 2. The molecule has 2 N–H and O–H groups in total. The lowest BCUT2D eigenvalue weighted by Gasteiger charge is -2.03. The van der Waals surface area contributed by atoms with Gasteiger partial charge in [-0.05, 0) is 23.8 Å². The van der Waals surface area contributed by atoms with Crippen LogP contribution in [0.1, 0.15) is 11.3 Å². The number of anilines is 1. The number of benzene rings is 1. The molecule has 0 spiro atoms. The Morgan fingerprint density at radius 2 is 1.87 bits per heavy atom. The van der Waals surface area contributed by atoms with Crippen molar-refractivity contribution in [2.75, 3.05) is 5.73 Å². The zero-order valence-electron chi connectivity index (χ0n) is 8.15. The molecule has 0 aliphatic carbocycles. The molecule has 1 aromatic carbocycles. The van der Waals surface area contributed by atoms with Gasteiger partial charge in [0.2, 0.25) is 0 Å². The standard InChI is InChI=1S/C12H11FN2/c13-11-6-2-1-4-9(11)8-10-5-3-7-12(14)15-10/h1-7H,8H2,(H2,14,15). The molecule has 1 aromatic heterocycles. The molecular formula is C12H11FN2. The molecule has 3 heteroatoms. The molecule has 2 nitrogen and oxygen atoms in total. The molecule has 0 atom stereocenters. The van der Waals surface area contributed by atoms with Crippen LogP contribution in [-0.2, 0) is 6.42 Å². The van der Waals surface area contributed by atoms with Gasteiger partial charge in [0, 0.05) is 12.1 Å². The van der Waals surface area contributed by atoms with Gasteiger partial charge in [-0.15, -0.1) is 0 Å². The largest absolute Gasteiger partial charge is 0.384 e. The Bertz CT molecular complexity index is 469. The minimum atomic E-state index is -0.207. The highest BCUT2D eigenvalue weighted by molar-refractivity contribution is 5.31. The molecule has 15 heavy (non-hydrogen) atoms. The first kappa shape index (κ1) is 9.65. The lowest BCUT2D eigenvalue weighted by atomic mass is 10.1. The van der Waals surface area contributed by atoms with Crippen LogP contribution in [0.4, 0.5) is 10.2 Å². The summed E-state index contributed by atoms with van der Waals surface area (Å²) < 4.78 is 13.3. The third-order valence-electron chi connectivity index (χ3n) is 2.16. The summed E-state index contributed by atoms with van der Waals surface area (Å²) >= 11 is 0. The Kier molecular flexibility index (Phi) is 2.63. The van der Waals surface area contributed by atoms with E-state index in [4.69, 9.17) is 5.73 Å². The number of aromatic nitrogens is 1. The molecule has 0 bridgehead atoms. The number of nitrogens with zero attached hydrogens (tertiary/aromatic N) is 1. The van der Waals surface area contributed by atoms with E-state index in [1.54, 1.807) is 18.2 Å². The van der Waals surface area contributed by atoms with E-state index in [1.165, 1.54) is 6.07 Å². The van der Waals surface area contributed by atoms with Gasteiger partial charge in [0.25, 0.3) is 0 Å². The van der Waals surface area contributed by atoms with E-state index in [0.717, 1.165) is 5.69 Å². The summed E-state index contributed by atoms with van der Waals surface area (Å²) in [6.45, 7) is 0. The van der Waals surface area contributed by atoms with Crippen LogP contribution in [0.15, 0.2) is 42.5 Å². The van der Waals surface area contributed by atoms with Gasteiger partial charge in [-0.3, -0.25) is 0 Å². The van der Waals surface area contributed by atoms with Gasteiger partial charge in [-0.25, -0.2) is 9.37 Å². The predicted octanol–water partition coefficient (Wildman–Crippen LogP) is 2.39. The highest BCUT2D eigenvalue weighted by Crippen LogP contribution is 2.12. The topological polar surface area (TPSA) is 38.9 Å². The maximum Gasteiger partial charge on any atom is 0.126 e. The van der Waals surface area contributed by atoms with Crippen LogP contribution in [0.2, 0.25) is 0 Å². The molecule has 1 heterocycles. The molecule has 0 saturated carbocycles. The third kappa shape index (κ3) is 2.31. The molecular weight excluding hydrogens is 191 g/mol. The van der Waals surface area contributed by atoms with Gasteiger partial charge in [0.15, 0.2) is 0 Å². The fraction of sp³-hybridized carbons (Fsp3) is 0.0833. The number of halogens is 1. The maximum atomic E-state index is 13.3. The van der Waals surface area contributed by atoms with E-state index >= 15 is 0 Å². The first-order valence-corrected chi connectivity index (χ1v) is 4.70. The van der Waals surface area contributed by atoms with Crippen LogP contribution in [0, 0.1) is 5.82 Å². The lowest BCUT2D eigenvalue weighted by Crippen LogP contribution is -1.97. The first-order valence-electron chi connectivity index (χ1n) is 4.70. The van der Waals surface area contributed by atoms with Crippen molar-refractivity contribution >= 4 is 5.82 Å². The minimum absolute atomic E-state index is 0.207. The average molecular weight is 202 g/mol. The van der Waals surface area contributed by atoms with Crippen molar-refractivity contribution in [3.8, 4) is 0 Å². The number of pyridine rings is 1. The zero-order chi connectivity index (χ0) is 10.7. The highest BCUT2D eigenvalue weighted by Gasteiger charge is 2.02. The predicted molar refractivity (Wildman–Crippen MR) is 57.9 cm³/mol. The Morgan fingerprint density at radius 1 is 1.07 bits per heavy atom. The van der Waals surface area contributed by atoms with Gasteiger partial charge in [-0.2, -0.15) is 0 Å². The minimum Gasteiger partial charge on any atom is -0.384 e. The summed E-state index contributed by atoms with van der Waals surface area (Å²) in [7, 11) is 0. The lowest BCUT2D eigenvalue weighted by molar-refractivity contribution is 0.613. The summed E-state index contributed by atoms with van der Waals surface area (Å²) in [5, 5.41) is 0. The molecule has 0 fully saturated rings. The number of hydrogen-bond acceptors (Lipinski definition) is 2. The van der Waals surface area contributed by atoms with Gasteiger partial charge in [0.1, 0.15) is 11.6 Å². The Hall–Kier alpha value is -1.90. The summed E-state index contributed by atoms with van der Waals surface area (Å²) in [5.74, 6) is 0.255. The van der Waals surface area contributed by atoms with Crippen molar-refractivity contribution in [1.82, 2.24) is 4.98 Å². The fourth-order valence-corrected chi connectivity index (χ4v) is 1.43. The Balaban J connectivity index is 2.26. The van der Waals surface area contributed by atoms with Crippen LogP contribution in [0.25, 0.3) is 0 Å². The molecule has 2 aromatic rings. The molecule has 0 aliphatic heterocycles.